The molecule has 0 aliphatic carbocycles. The average molecular weight is 395 g/mol. The molecule has 4 amide bonds. The molecule has 1 aromatic carbocycles. The van der Waals surface area contributed by atoms with Crippen molar-refractivity contribution < 1.29 is 19.2 Å². The minimum absolute atomic E-state index is 0.210. The molecular formula is C20H21N5O4. The zero-order chi connectivity index (χ0) is 20.8. The Morgan fingerprint density at radius 1 is 0.966 bits per heavy atom. The van der Waals surface area contributed by atoms with Gasteiger partial charge in [-0.05, 0) is 24.3 Å². The maximum Gasteiger partial charge on any atom is 0.257 e. The Morgan fingerprint density at radius 3 is 2.28 bits per heavy atom. The molecule has 29 heavy (non-hydrogen) atoms. The lowest BCUT2D eigenvalue weighted by Crippen LogP contribution is -2.48. The van der Waals surface area contributed by atoms with Crippen LogP contribution in [0, 0.1) is 0 Å². The second-order valence-corrected chi connectivity index (χ2v) is 6.61. The molecule has 0 atom stereocenters. The second kappa shape index (κ2) is 8.96. The van der Waals surface area contributed by atoms with Gasteiger partial charge in [-0.25, -0.2) is 0 Å². The molecule has 2 N–H and O–H groups in total. The number of hydrogen-bond donors (Lipinski definition) is 2. The number of aromatic nitrogens is 1. The number of amides is 4. The van der Waals surface area contributed by atoms with Crippen LogP contribution >= 0.6 is 0 Å². The molecule has 150 valence electrons. The van der Waals surface area contributed by atoms with E-state index in [1.165, 1.54) is 25.4 Å². The standard InChI is InChI=1S/C20H21N5O4/c1-14(27)22-17-3-2-4-18(10-17)23-19(28)15-9-16(12-21-11-15)20(29)25-7-5-24(13-26)6-8-25/h2-4,9-13H,5-8H2,1H3,(H,22,27)(H,23,28). The Hall–Kier alpha value is -3.75. The van der Waals surface area contributed by atoms with Crippen molar-refractivity contribution in [1.82, 2.24) is 14.8 Å². The minimum Gasteiger partial charge on any atom is -0.342 e. The average Bonchev–Trinajstić information content (AvgIpc) is 2.73. The summed E-state index contributed by atoms with van der Waals surface area (Å²) in [5.41, 5.74) is 1.62. The molecule has 2 heterocycles. The largest absolute Gasteiger partial charge is 0.342 e. The molecule has 9 nitrogen and oxygen atoms in total. The van der Waals surface area contributed by atoms with Gasteiger partial charge in [-0.3, -0.25) is 24.2 Å². The zero-order valence-electron chi connectivity index (χ0n) is 15.9. The third-order valence-corrected chi connectivity index (χ3v) is 4.44. The van der Waals surface area contributed by atoms with Crippen molar-refractivity contribution in [2.24, 2.45) is 0 Å². The highest BCUT2D eigenvalue weighted by molar-refractivity contribution is 6.06. The number of carbonyl (C=O) groups is 4. The molecule has 3 rings (SSSR count). The van der Waals surface area contributed by atoms with E-state index in [0.717, 1.165) is 6.41 Å². The Bertz CT molecular complexity index is 938. The molecule has 1 fully saturated rings. The first kappa shape index (κ1) is 20.0. The molecule has 0 bridgehead atoms. The quantitative estimate of drug-likeness (QED) is 0.739. The molecule has 1 aromatic heterocycles. The fourth-order valence-electron chi connectivity index (χ4n) is 2.98. The monoisotopic (exact) mass is 395 g/mol. The molecule has 0 spiro atoms. The van der Waals surface area contributed by atoms with Gasteiger partial charge in [-0.1, -0.05) is 6.07 Å². The van der Waals surface area contributed by atoms with E-state index in [1.807, 2.05) is 0 Å². The van der Waals surface area contributed by atoms with Crippen LogP contribution in [0.2, 0.25) is 0 Å². The SMILES string of the molecule is CC(=O)Nc1cccc(NC(=O)c2cncc(C(=O)N3CCN(C=O)CC3)c2)c1. The number of pyridine rings is 1. The lowest BCUT2D eigenvalue weighted by Gasteiger charge is -2.32. The minimum atomic E-state index is -0.419. The third-order valence-electron chi connectivity index (χ3n) is 4.44. The van der Waals surface area contributed by atoms with Crippen LogP contribution < -0.4 is 10.6 Å². The van der Waals surface area contributed by atoms with Crippen molar-refractivity contribution in [2.45, 2.75) is 6.92 Å². The van der Waals surface area contributed by atoms with Crippen LogP contribution in [-0.2, 0) is 9.59 Å². The summed E-state index contributed by atoms with van der Waals surface area (Å²) >= 11 is 0. The first-order valence-electron chi connectivity index (χ1n) is 9.09. The molecule has 1 saturated heterocycles. The summed E-state index contributed by atoms with van der Waals surface area (Å²) in [7, 11) is 0. The van der Waals surface area contributed by atoms with Gasteiger partial charge in [0.1, 0.15) is 0 Å². The first-order chi connectivity index (χ1) is 14.0. The van der Waals surface area contributed by atoms with E-state index in [-0.39, 0.29) is 17.4 Å². The highest BCUT2D eigenvalue weighted by atomic mass is 16.2. The number of nitrogens with one attached hydrogen (secondary N) is 2. The van der Waals surface area contributed by atoms with Crippen LogP contribution in [0.25, 0.3) is 0 Å². The van der Waals surface area contributed by atoms with E-state index in [0.29, 0.717) is 43.1 Å². The van der Waals surface area contributed by atoms with Gasteiger partial charge in [0.05, 0.1) is 11.1 Å². The normalized spacial score (nSPS) is 13.6. The van der Waals surface area contributed by atoms with E-state index < -0.39 is 5.91 Å². The molecule has 9 heteroatoms. The van der Waals surface area contributed by atoms with Crippen LogP contribution in [0.3, 0.4) is 0 Å². The van der Waals surface area contributed by atoms with E-state index >= 15 is 0 Å². The van der Waals surface area contributed by atoms with E-state index in [9.17, 15) is 19.2 Å². The summed E-state index contributed by atoms with van der Waals surface area (Å²) in [4.78, 5) is 54.5. The molecule has 0 unspecified atom stereocenters. The van der Waals surface area contributed by atoms with Crippen LogP contribution in [0.4, 0.5) is 11.4 Å². The second-order valence-electron chi connectivity index (χ2n) is 6.61. The molecule has 2 aromatic rings. The summed E-state index contributed by atoms with van der Waals surface area (Å²) in [5.74, 6) is -0.860. The van der Waals surface area contributed by atoms with Gasteiger partial charge in [-0.15, -0.1) is 0 Å². The molecular weight excluding hydrogens is 374 g/mol. The van der Waals surface area contributed by atoms with Gasteiger partial charge < -0.3 is 20.4 Å². The fraction of sp³-hybridized carbons (Fsp3) is 0.250. The summed E-state index contributed by atoms with van der Waals surface area (Å²) in [6.07, 6.45) is 3.58. The van der Waals surface area contributed by atoms with Crippen molar-refractivity contribution >= 4 is 35.5 Å². The van der Waals surface area contributed by atoms with Gasteiger partial charge in [0.25, 0.3) is 11.8 Å². The predicted octanol–water partition coefficient (Wildman–Crippen LogP) is 1.21. The van der Waals surface area contributed by atoms with Gasteiger partial charge in [0.15, 0.2) is 0 Å². The number of nitrogens with zero attached hydrogens (tertiary/aromatic N) is 3. The van der Waals surface area contributed by atoms with Gasteiger partial charge >= 0.3 is 0 Å². The maximum atomic E-state index is 12.7. The van der Waals surface area contributed by atoms with E-state index in [1.54, 1.807) is 34.1 Å². The smallest absolute Gasteiger partial charge is 0.257 e. The highest BCUT2D eigenvalue weighted by Gasteiger charge is 2.22. The Labute approximate surface area is 167 Å². The van der Waals surface area contributed by atoms with Crippen molar-refractivity contribution in [3.8, 4) is 0 Å². The molecule has 1 aliphatic heterocycles. The van der Waals surface area contributed by atoms with Crippen molar-refractivity contribution in [3.63, 3.8) is 0 Å². The highest BCUT2D eigenvalue weighted by Crippen LogP contribution is 2.17. The van der Waals surface area contributed by atoms with Crippen LogP contribution in [0.15, 0.2) is 42.7 Å². The van der Waals surface area contributed by atoms with Crippen LogP contribution in [-0.4, -0.2) is 65.1 Å². The Kier molecular flexibility index (Phi) is 6.18. The lowest BCUT2D eigenvalue weighted by atomic mass is 10.1. The van der Waals surface area contributed by atoms with Crippen LogP contribution in [0.5, 0.6) is 0 Å². The Morgan fingerprint density at radius 2 is 1.62 bits per heavy atom. The third kappa shape index (κ3) is 5.16. The zero-order valence-corrected chi connectivity index (χ0v) is 15.9. The van der Waals surface area contributed by atoms with E-state index in [2.05, 4.69) is 15.6 Å². The number of carbonyl (C=O) groups excluding carboxylic acids is 4. The number of hydrogen-bond acceptors (Lipinski definition) is 5. The molecule has 1 aliphatic rings. The summed E-state index contributed by atoms with van der Waals surface area (Å²) in [5, 5.41) is 5.38. The molecule has 0 radical (unpaired) electrons. The summed E-state index contributed by atoms with van der Waals surface area (Å²) in [6, 6.07) is 8.24. The molecule has 0 saturated carbocycles. The topological polar surface area (TPSA) is 112 Å². The number of anilines is 2. The van der Waals surface area contributed by atoms with Gasteiger partial charge in [-0.2, -0.15) is 0 Å². The number of benzene rings is 1. The van der Waals surface area contributed by atoms with Gasteiger partial charge in [0.2, 0.25) is 12.3 Å². The Balaban J connectivity index is 1.69. The predicted molar refractivity (Wildman–Crippen MR) is 106 cm³/mol. The lowest BCUT2D eigenvalue weighted by molar-refractivity contribution is -0.119. The summed E-state index contributed by atoms with van der Waals surface area (Å²) < 4.78 is 0. The van der Waals surface area contributed by atoms with Crippen molar-refractivity contribution in [2.75, 3.05) is 36.8 Å². The van der Waals surface area contributed by atoms with E-state index in [4.69, 9.17) is 0 Å². The maximum absolute atomic E-state index is 12.7. The fourth-order valence-corrected chi connectivity index (χ4v) is 2.98. The van der Waals surface area contributed by atoms with Crippen molar-refractivity contribution in [3.05, 3.63) is 53.9 Å². The summed E-state index contributed by atoms with van der Waals surface area (Å²) in [6.45, 7) is 3.23. The van der Waals surface area contributed by atoms with Crippen molar-refractivity contribution in [1.29, 1.82) is 0 Å². The number of rotatable bonds is 5. The van der Waals surface area contributed by atoms with Gasteiger partial charge in [0, 0.05) is 56.9 Å². The number of piperazine rings is 1. The van der Waals surface area contributed by atoms with Crippen LogP contribution in [0.1, 0.15) is 27.6 Å². The first-order valence-corrected chi connectivity index (χ1v) is 9.09.